The Hall–Kier alpha value is -1.33. The van der Waals surface area contributed by atoms with E-state index in [1.807, 2.05) is 4.90 Å². The van der Waals surface area contributed by atoms with Gasteiger partial charge in [0.2, 0.25) is 0 Å². The zero-order valence-corrected chi connectivity index (χ0v) is 12.9. The number of likely N-dealkylation sites (tertiary alicyclic amines) is 1. The second-order valence-electron chi connectivity index (χ2n) is 6.86. The number of hydrogen-bond donors (Lipinski definition) is 0. The highest BCUT2D eigenvalue weighted by Crippen LogP contribution is 2.34. The fourth-order valence-electron chi connectivity index (χ4n) is 3.61. The van der Waals surface area contributed by atoms with Crippen molar-refractivity contribution in [1.82, 2.24) is 9.80 Å². The molecule has 4 rings (SSSR count). The van der Waals surface area contributed by atoms with Gasteiger partial charge in [-0.05, 0) is 37.7 Å². The van der Waals surface area contributed by atoms with Gasteiger partial charge in [0.25, 0.3) is 5.91 Å². The van der Waals surface area contributed by atoms with E-state index in [1.165, 1.54) is 25.6 Å². The van der Waals surface area contributed by atoms with Crippen molar-refractivity contribution in [3.8, 4) is 0 Å². The molecule has 120 valence electrons. The number of rotatable bonds is 5. The summed E-state index contributed by atoms with van der Waals surface area (Å²) in [5.74, 6) is 0.991. The quantitative estimate of drug-likeness (QED) is 0.834. The van der Waals surface area contributed by atoms with Crippen molar-refractivity contribution < 1.29 is 13.9 Å². The highest BCUT2D eigenvalue weighted by atomic mass is 16.5. The molecule has 3 aliphatic rings. The lowest BCUT2D eigenvalue weighted by molar-refractivity contribution is -0.0267. The third kappa shape index (κ3) is 2.92. The Balaban J connectivity index is 1.36. The predicted molar refractivity (Wildman–Crippen MR) is 81.7 cm³/mol. The summed E-state index contributed by atoms with van der Waals surface area (Å²) in [6, 6.07) is 2.92. The second-order valence-corrected chi connectivity index (χ2v) is 6.86. The molecular weight excluding hydrogens is 280 g/mol. The number of hydrogen-bond acceptors (Lipinski definition) is 4. The maximum Gasteiger partial charge on any atom is 0.257 e. The lowest BCUT2D eigenvalue weighted by Gasteiger charge is -2.49. The molecule has 0 N–H and O–H groups in total. The molecule has 1 aromatic heterocycles. The van der Waals surface area contributed by atoms with Crippen LogP contribution in [-0.2, 0) is 4.74 Å². The molecule has 22 heavy (non-hydrogen) atoms. The van der Waals surface area contributed by atoms with Gasteiger partial charge in [-0.3, -0.25) is 9.69 Å². The zero-order valence-electron chi connectivity index (χ0n) is 12.9. The van der Waals surface area contributed by atoms with Gasteiger partial charge >= 0.3 is 0 Å². The van der Waals surface area contributed by atoms with Gasteiger partial charge in [0.05, 0.1) is 11.8 Å². The summed E-state index contributed by atoms with van der Waals surface area (Å²) in [5.41, 5.74) is 0.665. The van der Waals surface area contributed by atoms with E-state index in [0.717, 1.165) is 45.1 Å². The van der Waals surface area contributed by atoms with E-state index in [4.69, 9.17) is 9.15 Å². The lowest BCUT2D eigenvalue weighted by Crippen LogP contribution is -2.63. The van der Waals surface area contributed by atoms with Gasteiger partial charge in [-0.2, -0.15) is 0 Å². The van der Waals surface area contributed by atoms with Crippen LogP contribution in [0.4, 0.5) is 0 Å². The van der Waals surface area contributed by atoms with Gasteiger partial charge < -0.3 is 14.1 Å². The summed E-state index contributed by atoms with van der Waals surface area (Å²) in [6.07, 6.45) is 8.13. The standard InChI is InChI=1S/C17H24N2O3/c20-17(14-3-6-22-12-14)18-10-16(11-18)19(9-13-1-2-13)15-4-7-21-8-5-15/h3,6,12-13,15-16H,1-2,4-5,7-11H2. The minimum atomic E-state index is 0.100. The smallest absolute Gasteiger partial charge is 0.257 e. The summed E-state index contributed by atoms with van der Waals surface area (Å²) >= 11 is 0. The van der Waals surface area contributed by atoms with Crippen LogP contribution in [0.15, 0.2) is 23.0 Å². The van der Waals surface area contributed by atoms with Crippen LogP contribution >= 0.6 is 0 Å². The largest absolute Gasteiger partial charge is 0.472 e. The van der Waals surface area contributed by atoms with Crippen molar-refractivity contribution >= 4 is 5.91 Å². The Morgan fingerprint density at radius 3 is 2.59 bits per heavy atom. The molecule has 1 aromatic rings. The van der Waals surface area contributed by atoms with Crippen LogP contribution in [-0.4, -0.2) is 60.6 Å². The van der Waals surface area contributed by atoms with Crippen molar-refractivity contribution in [2.24, 2.45) is 5.92 Å². The summed E-state index contributed by atoms with van der Waals surface area (Å²) in [5, 5.41) is 0. The van der Waals surface area contributed by atoms with Crippen molar-refractivity contribution in [2.75, 3.05) is 32.8 Å². The van der Waals surface area contributed by atoms with E-state index in [1.54, 1.807) is 12.3 Å². The third-order valence-electron chi connectivity index (χ3n) is 5.21. The van der Waals surface area contributed by atoms with Crippen LogP contribution in [0.1, 0.15) is 36.0 Å². The molecule has 0 radical (unpaired) electrons. The van der Waals surface area contributed by atoms with Crippen molar-refractivity contribution in [3.05, 3.63) is 24.2 Å². The normalized spacial score (nSPS) is 23.8. The number of furan rings is 1. The number of amides is 1. The molecule has 0 unspecified atom stereocenters. The van der Waals surface area contributed by atoms with Gasteiger partial charge in [-0.25, -0.2) is 0 Å². The van der Waals surface area contributed by atoms with E-state index in [0.29, 0.717) is 17.6 Å². The first kappa shape index (κ1) is 14.3. The number of ether oxygens (including phenoxy) is 1. The SMILES string of the molecule is O=C(c1ccoc1)N1CC(N(CC2CC2)C2CCOCC2)C1. The second kappa shape index (κ2) is 6.05. The Labute approximate surface area is 131 Å². The monoisotopic (exact) mass is 304 g/mol. The average Bonchev–Trinajstić information content (AvgIpc) is 3.15. The Kier molecular flexibility index (Phi) is 3.92. The summed E-state index contributed by atoms with van der Waals surface area (Å²) < 4.78 is 10.5. The fourth-order valence-corrected chi connectivity index (χ4v) is 3.61. The van der Waals surface area contributed by atoms with E-state index >= 15 is 0 Å². The van der Waals surface area contributed by atoms with Gasteiger partial charge in [0, 0.05) is 44.9 Å². The molecule has 1 saturated carbocycles. The molecule has 5 nitrogen and oxygen atoms in total. The van der Waals surface area contributed by atoms with E-state index in [-0.39, 0.29) is 5.91 Å². The molecule has 0 atom stereocenters. The summed E-state index contributed by atoms with van der Waals surface area (Å²) in [6.45, 7) is 4.69. The molecule has 1 amide bonds. The first-order valence-electron chi connectivity index (χ1n) is 8.46. The van der Waals surface area contributed by atoms with Crippen LogP contribution in [0.2, 0.25) is 0 Å². The lowest BCUT2D eigenvalue weighted by atomic mass is 9.98. The predicted octanol–water partition coefficient (Wildman–Crippen LogP) is 1.99. The van der Waals surface area contributed by atoms with Gasteiger partial charge in [0.1, 0.15) is 6.26 Å². The van der Waals surface area contributed by atoms with Crippen molar-refractivity contribution in [3.63, 3.8) is 0 Å². The highest BCUT2D eigenvalue weighted by molar-refractivity contribution is 5.94. The Morgan fingerprint density at radius 2 is 1.95 bits per heavy atom. The van der Waals surface area contributed by atoms with Crippen LogP contribution in [0.5, 0.6) is 0 Å². The molecule has 3 fully saturated rings. The van der Waals surface area contributed by atoms with Crippen LogP contribution in [0.25, 0.3) is 0 Å². The molecule has 5 heteroatoms. The first-order chi connectivity index (χ1) is 10.8. The molecule has 1 aliphatic carbocycles. The molecule has 3 heterocycles. The maximum atomic E-state index is 12.3. The van der Waals surface area contributed by atoms with Crippen LogP contribution in [0, 0.1) is 5.92 Å². The Morgan fingerprint density at radius 1 is 1.18 bits per heavy atom. The molecule has 0 aromatic carbocycles. The molecule has 0 spiro atoms. The van der Waals surface area contributed by atoms with E-state index in [2.05, 4.69) is 4.90 Å². The van der Waals surface area contributed by atoms with Gasteiger partial charge in [-0.15, -0.1) is 0 Å². The Bertz CT molecular complexity index is 500. The first-order valence-corrected chi connectivity index (χ1v) is 8.46. The third-order valence-corrected chi connectivity index (χ3v) is 5.21. The maximum absolute atomic E-state index is 12.3. The number of carbonyl (C=O) groups is 1. The van der Waals surface area contributed by atoms with Gasteiger partial charge in [-0.1, -0.05) is 0 Å². The topological polar surface area (TPSA) is 45.9 Å². The molecular formula is C17H24N2O3. The van der Waals surface area contributed by atoms with E-state index in [9.17, 15) is 4.79 Å². The fraction of sp³-hybridized carbons (Fsp3) is 0.706. The number of nitrogens with zero attached hydrogens (tertiary/aromatic N) is 2. The van der Waals surface area contributed by atoms with Crippen molar-refractivity contribution in [1.29, 1.82) is 0 Å². The summed E-state index contributed by atoms with van der Waals surface area (Å²) in [7, 11) is 0. The molecule has 2 aliphatic heterocycles. The van der Waals surface area contributed by atoms with Crippen molar-refractivity contribution in [2.45, 2.75) is 37.8 Å². The minimum absolute atomic E-state index is 0.100. The molecule has 0 bridgehead atoms. The highest BCUT2D eigenvalue weighted by Gasteiger charge is 2.40. The number of carbonyl (C=O) groups excluding carboxylic acids is 1. The average molecular weight is 304 g/mol. The van der Waals surface area contributed by atoms with E-state index < -0.39 is 0 Å². The van der Waals surface area contributed by atoms with Crippen LogP contribution in [0.3, 0.4) is 0 Å². The zero-order chi connectivity index (χ0) is 14.9. The minimum Gasteiger partial charge on any atom is -0.472 e. The van der Waals surface area contributed by atoms with Crippen LogP contribution < -0.4 is 0 Å². The van der Waals surface area contributed by atoms with Gasteiger partial charge in [0.15, 0.2) is 0 Å². The summed E-state index contributed by atoms with van der Waals surface area (Å²) in [4.78, 5) is 16.9. The molecule has 2 saturated heterocycles.